The number of hydrogen-bond acceptors (Lipinski definition) is 4. The van der Waals surface area contributed by atoms with Crippen LogP contribution in [0.2, 0.25) is 0 Å². The molecule has 0 unspecified atom stereocenters. The molecule has 0 aromatic carbocycles. The Morgan fingerprint density at radius 2 is 2.17 bits per heavy atom. The van der Waals surface area contributed by atoms with Crippen molar-refractivity contribution in [2.24, 2.45) is 0 Å². The van der Waals surface area contributed by atoms with Gasteiger partial charge in [0.2, 0.25) is 0 Å². The van der Waals surface area contributed by atoms with Crippen LogP contribution in [0.4, 0.5) is 0 Å². The zero-order valence-electron chi connectivity index (χ0n) is 11.4. The number of allylic oxidation sites excluding steroid dienone is 2. The van der Waals surface area contributed by atoms with Crippen LogP contribution in [-0.4, -0.2) is 31.1 Å². The van der Waals surface area contributed by atoms with E-state index in [9.17, 15) is 4.79 Å². The molecule has 1 aliphatic heterocycles. The van der Waals surface area contributed by atoms with Crippen molar-refractivity contribution in [1.82, 2.24) is 0 Å². The van der Waals surface area contributed by atoms with Gasteiger partial charge in [-0.2, -0.15) is 0 Å². The Morgan fingerprint density at radius 3 is 2.78 bits per heavy atom. The topological polar surface area (TPSA) is 44.8 Å². The van der Waals surface area contributed by atoms with Gasteiger partial charge in [0, 0.05) is 6.42 Å². The summed E-state index contributed by atoms with van der Waals surface area (Å²) in [6.07, 6.45) is 3.97. The molecule has 0 aromatic rings. The summed E-state index contributed by atoms with van der Waals surface area (Å²) in [5.41, 5.74) is 0. The van der Waals surface area contributed by atoms with E-state index in [1.54, 1.807) is 6.08 Å². The Hall–Kier alpha value is -1.31. The predicted molar refractivity (Wildman–Crippen MR) is 67.7 cm³/mol. The van der Waals surface area contributed by atoms with Crippen LogP contribution < -0.4 is 0 Å². The molecule has 1 fully saturated rings. The zero-order chi connectivity index (χ0) is 13.6. The van der Waals surface area contributed by atoms with Crippen molar-refractivity contribution in [2.75, 3.05) is 7.11 Å². The minimum atomic E-state index is -0.657. The number of ether oxygens (including phenoxy) is 3. The monoisotopic (exact) mass is 252 g/mol. The fourth-order valence-corrected chi connectivity index (χ4v) is 1.74. The Morgan fingerprint density at radius 1 is 1.44 bits per heavy atom. The first-order chi connectivity index (χ1) is 8.48. The van der Waals surface area contributed by atoms with Gasteiger partial charge in [-0.05, 0) is 33.3 Å². The SMILES string of the molecule is C/C=C/C#C[C@@H]1OC(C)(C)O[C@@H]1CCC(=O)OC. The van der Waals surface area contributed by atoms with E-state index >= 15 is 0 Å². The van der Waals surface area contributed by atoms with Gasteiger partial charge in [0.15, 0.2) is 5.79 Å². The van der Waals surface area contributed by atoms with Crippen molar-refractivity contribution >= 4 is 5.97 Å². The molecule has 1 rings (SSSR count). The number of hydrogen-bond donors (Lipinski definition) is 0. The minimum Gasteiger partial charge on any atom is -0.469 e. The summed E-state index contributed by atoms with van der Waals surface area (Å²) in [5.74, 6) is 4.99. The van der Waals surface area contributed by atoms with Crippen molar-refractivity contribution in [2.45, 2.75) is 51.6 Å². The molecule has 0 bridgehead atoms. The summed E-state index contributed by atoms with van der Waals surface area (Å²) in [4.78, 5) is 11.1. The summed E-state index contributed by atoms with van der Waals surface area (Å²) in [5, 5.41) is 0. The Labute approximate surface area is 108 Å². The first kappa shape index (κ1) is 14.7. The summed E-state index contributed by atoms with van der Waals surface area (Å²) in [7, 11) is 1.38. The molecule has 1 saturated heterocycles. The molecule has 0 radical (unpaired) electrons. The maximum atomic E-state index is 11.1. The molecule has 1 heterocycles. The van der Waals surface area contributed by atoms with E-state index in [1.165, 1.54) is 7.11 Å². The molecule has 0 aromatic heterocycles. The van der Waals surface area contributed by atoms with Crippen LogP contribution in [0.3, 0.4) is 0 Å². The molecule has 1 aliphatic rings. The number of carbonyl (C=O) groups excluding carboxylic acids is 1. The van der Waals surface area contributed by atoms with E-state index in [0.29, 0.717) is 12.8 Å². The van der Waals surface area contributed by atoms with Gasteiger partial charge in [-0.1, -0.05) is 17.9 Å². The van der Waals surface area contributed by atoms with E-state index in [4.69, 9.17) is 9.47 Å². The van der Waals surface area contributed by atoms with Crippen LogP contribution in [0.1, 0.15) is 33.6 Å². The van der Waals surface area contributed by atoms with E-state index in [0.717, 1.165) is 0 Å². The fourth-order valence-electron chi connectivity index (χ4n) is 1.74. The molecular formula is C14H20O4. The highest BCUT2D eigenvalue weighted by molar-refractivity contribution is 5.69. The molecule has 0 spiro atoms. The van der Waals surface area contributed by atoms with Crippen molar-refractivity contribution in [3.63, 3.8) is 0 Å². The van der Waals surface area contributed by atoms with Gasteiger partial charge in [0.05, 0.1) is 13.2 Å². The first-order valence-corrected chi connectivity index (χ1v) is 6.03. The van der Waals surface area contributed by atoms with Crippen molar-refractivity contribution < 1.29 is 19.0 Å². The highest BCUT2D eigenvalue weighted by Gasteiger charge is 2.40. The molecule has 4 nitrogen and oxygen atoms in total. The van der Waals surface area contributed by atoms with Crippen LogP contribution in [0.5, 0.6) is 0 Å². The maximum Gasteiger partial charge on any atom is 0.305 e. The third-order valence-corrected chi connectivity index (χ3v) is 2.52. The second kappa shape index (κ2) is 6.58. The van der Waals surface area contributed by atoms with Crippen LogP contribution in [0, 0.1) is 11.8 Å². The first-order valence-electron chi connectivity index (χ1n) is 6.03. The molecule has 0 saturated carbocycles. The van der Waals surface area contributed by atoms with Crippen LogP contribution in [0.25, 0.3) is 0 Å². The second-order valence-corrected chi connectivity index (χ2v) is 4.50. The highest BCUT2D eigenvalue weighted by atomic mass is 16.7. The van der Waals surface area contributed by atoms with E-state index in [1.807, 2.05) is 26.8 Å². The van der Waals surface area contributed by atoms with Gasteiger partial charge in [-0.25, -0.2) is 0 Å². The average molecular weight is 252 g/mol. The molecular weight excluding hydrogens is 232 g/mol. The predicted octanol–water partition coefficient (Wildman–Crippen LogP) is 2.04. The lowest BCUT2D eigenvalue weighted by atomic mass is 10.1. The Bertz CT molecular complexity index is 373. The summed E-state index contributed by atoms with van der Waals surface area (Å²) >= 11 is 0. The molecule has 0 N–H and O–H groups in total. The average Bonchev–Trinajstić information content (AvgIpc) is 2.61. The zero-order valence-corrected chi connectivity index (χ0v) is 11.4. The van der Waals surface area contributed by atoms with Crippen LogP contribution in [0.15, 0.2) is 12.2 Å². The van der Waals surface area contributed by atoms with Crippen molar-refractivity contribution in [3.8, 4) is 11.8 Å². The molecule has 0 aliphatic carbocycles. The van der Waals surface area contributed by atoms with E-state index in [2.05, 4.69) is 16.6 Å². The largest absolute Gasteiger partial charge is 0.469 e. The highest BCUT2D eigenvalue weighted by Crippen LogP contribution is 2.30. The lowest BCUT2D eigenvalue weighted by Gasteiger charge is -2.16. The quantitative estimate of drug-likeness (QED) is 0.569. The van der Waals surface area contributed by atoms with Gasteiger partial charge in [-0.15, -0.1) is 0 Å². The standard InChI is InChI=1S/C14H20O4/c1-5-6-7-8-11-12(9-10-13(15)16-4)18-14(2,3)17-11/h5-6,11-12H,9-10H2,1-4H3/b6-5+/t11-,12+/m0/s1. The van der Waals surface area contributed by atoms with E-state index < -0.39 is 5.79 Å². The third-order valence-electron chi connectivity index (χ3n) is 2.52. The van der Waals surface area contributed by atoms with Gasteiger partial charge >= 0.3 is 5.97 Å². The summed E-state index contributed by atoms with van der Waals surface area (Å²) in [6.45, 7) is 5.59. The lowest BCUT2D eigenvalue weighted by molar-refractivity contribution is -0.148. The van der Waals surface area contributed by atoms with Gasteiger partial charge in [-0.3, -0.25) is 4.79 Å². The van der Waals surface area contributed by atoms with Crippen molar-refractivity contribution in [3.05, 3.63) is 12.2 Å². The lowest BCUT2D eigenvalue weighted by Crippen LogP contribution is -2.22. The summed E-state index contributed by atoms with van der Waals surface area (Å²) in [6, 6.07) is 0. The maximum absolute atomic E-state index is 11.1. The van der Waals surface area contributed by atoms with Gasteiger partial charge < -0.3 is 14.2 Å². The minimum absolute atomic E-state index is 0.197. The molecule has 2 atom stereocenters. The molecule has 100 valence electrons. The van der Waals surface area contributed by atoms with E-state index in [-0.39, 0.29) is 18.2 Å². The number of esters is 1. The van der Waals surface area contributed by atoms with Crippen molar-refractivity contribution in [1.29, 1.82) is 0 Å². The second-order valence-electron chi connectivity index (χ2n) is 4.50. The molecule has 18 heavy (non-hydrogen) atoms. The third kappa shape index (κ3) is 4.52. The fraction of sp³-hybridized carbons (Fsp3) is 0.643. The molecule has 4 heteroatoms. The van der Waals surface area contributed by atoms with Gasteiger partial charge in [0.25, 0.3) is 0 Å². The Balaban J connectivity index is 2.62. The summed E-state index contributed by atoms with van der Waals surface area (Å²) < 4.78 is 16.0. The number of carbonyl (C=O) groups is 1. The number of rotatable bonds is 3. The normalized spacial score (nSPS) is 25.8. The Kier molecular flexibility index (Phi) is 5.39. The smallest absolute Gasteiger partial charge is 0.305 e. The number of methoxy groups -OCH3 is 1. The van der Waals surface area contributed by atoms with Gasteiger partial charge in [0.1, 0.15) is 6.10 Å². The molecule has 0 amide bonds. The van der Waals surface area contributed by atoms with Crippen LogP contribution in [-0.2, 0) is 19.0 Å². The van der Waals surface area contributed by atoms with Crippen LogP contribution >= 0.6 is 0 Å².